The Morgan fingerprint density at radius 2 is 0.857 bits per heavy atom. The summed E-state index contributed by atoms with van der Waals surface area (Å²) in [6.45, 7) is 0. The Labute approximate surface area is 172 Å². The molecule has 4 aromatic carbocycles. The van der Waals surface area contributed by atoms with Gasteiger partial charge in [0, 0.05) is 5.75 Å². The first-order valence-electron chi connectivity index (χ1n) is 9.70. The fourth-order valence-electron chi connectivity index (χ4n) is 3.67. The summed E-state index contributed by atoms with van der Waals surface area (Å²) in [7, 11) is 0. The number of benzene rings is 4. The van der Waals surface area contributed by atoms with Crippen LogP contribution in [0.1, 0.15) is 22.3 Å². The zero-order valence-corrected chi connectivity index (χ0v) is 16.7. The van der Waals surface area contributed by atoms with Crippen molar-refractivity contribution >= 4 is 11.8 Å². The van der Waals surface area contributed by atoms with E-state index in [4.69, 9.17) is 0 Å². The van der Waals surface area contributed by atoms with Gasteiger partial charge >= 0.3 is 0 Å². The molecule has 0 aliphatic carbocycles. The van der Waals surface area contributed by atoms with E-state index in [2.05, 4.69) is 121 Å². The highest BCUT2D eigenvalue weighted by atomic mass is 32.2. The molecular weight excluding hydrogens is 356 g/mol. The lowest BCUT2D eigenvalue weighted by Gasteiger charge is -2.35. The van der Waals surface area contributed by atoms with Gasteiger partial charge in [-0.1, -0.05) is 121 Å². The van der Waals surface area contributed by atoms with Gasteiger partial charge in [-0.3, -0.25) is 0 Å². The van der Waals surface area contributed by atoms with Gasteiger partial charge in [-0.15, -0.1) is 11.8 Å². The van der Waals surface area contributed by atoms with Crippen LogP contribution < -0.4 is 0 Å². The van der Waals surface area contributed by atoms with Gasteiger partial charge < -0.3 is 0 Å². The second kappa shape index (κ2) is 8.95. The lowest BCUT2D eigenvalue weighted by atomic mass is 9.85. The van der Waals surface area contributed by atoms with E-state index in [0.717, 1.165) is 12.2 Å². The Balaban J connectivity index is 1.81. The highest BCUT2D eigenvalue weighted by Gasteiger charge is 2.35. The van der Waals surface area contributed by atoms with E-state index >= 15 is 0 Å². The molecule has 0 fully saturated rings. The molecule has 138 valence electrons. The van der Waals surface area contributed by atoms with Crippen LogP contribution in [0.5, 0.6) is 0 Å². The zero-order chi connectivity index (χ0) is 19.1. The minimum Gasteiger partial charge on any atom is -0.140 e. The lowest BCUT2D eigenvalue weighted by Crippen LogP contribution is -2.27. The fraction of sp³-hybridized carbons (Fsp3) is 0.111. The van der Waals surface area contributed by atoms with Crippen molar-refractivity contribution in [1.82, 2.24) is 0 Å². The van der Waals surface area contributed by atoms with Crippen molar-refractivity contribution in [3.8, 4) is 0 Å². The summed E-state index contributed by atoms with van der Waals surface area (Å²) < 4.78 is -0.139. The molecule has 0 amide bonds. The van der Waals surface area contributed by atoms with Crippen LogP contribution in [0.3, 0.4) is 0 Å². The topological polar surface area (TPSA) is 0 Å². The van der Waals surface area contributed by atoms with Crippen molar-refractivity contribution < 1.29 is 0 Å². The Kier molecular flexibility index (Phi) is 5.94. The van der Waals surface area contributed by atoms with Gasteiger partial charge in [0.05, 0.1) is 4.75 Å². The standard InChI is InChI=1S/C27H24S/c1-5-13-23(14-6-1)21-27(25-17-9-3-10-18-25,26-19-11-4-12-20-26)28-22-24-15-7-2-8-16-24/h1-20H,21-22H2. The van der Waals surface area contributed by atoms with Gasteiger partial charge in [0.1, 0.15) is 0 Å². The van der Waals surface area contributed by atoms with Gasteiger partial charge in [0.2, 0.25) is 0 Å². The highest BCUT2D eigenvalue weighted by molar-refractivity contribution is 7.99. The molecule has 0 atom stereocenters. The first kappa shape index (κ1) is 18.6. The first-order chi connectivity index (χ1) is 13.9. The van der Waals surface area contributed by atoms with Gasteiger partial charge in [-0.2, -0.15) is 0 Å². The van der Waals surface area contributed by atoms with Gasteiger partial charge in [-0.25, -0.2) is 0 Å². The number of hydrogen-bond acceptors (Lipinski definition) is 1. The normalized spacial score (nSPS) is 11.3. The van der Waals surface area contributed by atoms with Crippen LogP contribution in [0.4, 0.5) is 0 Å². The predicted octanol–water partition coefficient (Wildman–Crippen LogP) is 7.11. The summed E-state index contributed by atoms with van der Waals surface area (Å²) in [5.41, 5.74) is 5.42. The summed E-state index contributed by atoms with van der Waals surface area (Å²) in [5.74, 6) is 0.970. The average molecular weight is 381 g/mol. The van der Waals surface area contributed by atoms with Gasteiger partial charge in [-0.05, 0) is 28.7 Å². The van der Waals surface area contributed by atoms with E-state index in [1.54, 1.807) is 0 Å². The van der Waals surface area contributed by atoms with E-state index in [1.807, 2.05) is 11.8 Å². The number of thioether (sulfide) groups is 1. The highest BCUT2D eigenvalue weighted by Crippen LogP contribution is 2.46. The summed E-state index contributed by atoms with van der Waals surface area (Å²) in [6, 6.07) is 43.5. The Hall–Kier alpha value is -2.77. The Bertz CT molecular complexity index is 924. The number of hydrogen-bond donors (Lipinski definition) is 0. The second-order valence-electron chi connectivity index (χ2n) is 7.00. The van der Waals surface area contributed by atoms with Crippen LogP contribution in [0.15, 0.2) is 121 Å². The summed E-state index contributed by atoms with van der Waals surface area (Å²) in [6.07, 6.45) is 0.958. The van der Waals surface area contributed by atoms with E-state index in [0.29, 0.717) is 0 Å². The fourth-order valence-corrected chi connectivity index (χ4v) is 5.15. The molecule has 0 saturated carbocycles. The zero-order valence-electron chi connectivity index (χ0n) is 15.9. The minimum atomic E-state index is -0.139. The van der Waals surface area contributed by atoms with E-state index < -0.39 is 0 Å². The number of rotatable bonds is 7. The molecule has 0 aromatic heterocycles. The molecular formula is C27H24S. The maximum atomic E-state index is 2.27. The van der Waals surface area contributed by atoms with Gasteiger partial charge in [0.15, 0.2) is 0 Å². The van der Waals surface area contributed by atoms with E-state index in [1.165, 1.54) is 22.3 Å². The molecule has 0 aliphatic rings. The molecule has 0 radical (unpaired) electrons. The Morgan fingerprint density at radius 1 is 0.464 bits per heavy atom. The third-order valence-electron chi connectivity index (χ3n) is 5.10. The van der Waals surface area contributed by atoms with Crippen molar-refractivity contribution in [2.75, 3.05) is 0 Å². The van der Waals surface area contributed by atoms with Crippen LogP contribution in [0.2, 0.25) is 0 Å². The van der Waals surface area contributed by atoms with Crippen LogP contribution in [-0.4, -0.2) is 0 Å². The average Bonchev–Trinajstić information content (AvgIpc) is 2.79. The SMILES string of the molecule is c1ccc(CSC(Cc2ccccc2)(c2ccccc2)c2ccccc2)cc1. The third-order valence-corrected chi connectivity index (χ3v) is 6.69. The van der Waals surface area contributed by atoms with Crippen molar-refractivity contribution in [2.24, 2.45) is 0 Å². The summed E-state index contributed by atoms with van der Waals surface area (Å²) in [5, 5.41) is 0. The quantitative estimate of drug-likeness (QED) is 0.329. The van der Waals surface area contributed by atoms with Crippen LogP contribution in [0.25, 0.3) is 0 Å². The summed E-state index contributed by atoms with van der Waals surface area (Å²) >= 11 is 2.02. The van der Waals surface area contributed by atoms with Crippen LogP contribution in [0, 0.1) is 0 Å². The van der Waals surface area contributed by atoms with Crippen molar-refractivity contribution in [1.29, 1.82) is 0 Å². The monoisotopic (exact) mass is 380 g/mol. The maximum Gasteiger partial charge on any atom is 0.0700 e. The van der Waals surface area contributed by atoms with Crippen LogP contribution >= 0.6 is 11.8 Å². The third kappa shape index (κ3) is 4.21. The predicted molar refractivity (Wildman–Crippen MR) is 122 cm³/mol. The molecule has 1 heteroatoms. The molecule has 0 unspecified atom stereocenters. The minimum absolute atomic E-state index is 0.139. The van der Waals surface area contributed by atoms with Crippen molar-refractivity contribution in [3.05, 3.63) is 144 Å². The molecule has 0 N–H and O–H groups in total. The molecule has 4 aromatic rings. The second-order valence-corrected chi connectivity index (χ2v) is 8.27. The molecule has 28 heavy (non-hydrogen) atoms. The van der Waals surface area contributed by atoms with Crippen molar-refractivity contribution in [2.45, 2.75) is 16.9 Å². The maximum absolute atomic E-state index is 2.27. The van der Waals surface area contributed by atoms with Crippen LogP contribution in [-0.2, 0) is 16.9 Å². The van der Waals surface area contributed by atoms with Gasteiger partial charge in [0.25, 0.3) is 0 Å². The lowest BCUT2D eigenvalue weighted by molar-refractivity contribution is 0.734. The largest absolute Gasteiger partial charge is 0.140 e. The first-order valence-corrected chi connectivity index (χ1v) is 10.7. The molecule has 0 spiro atoms. The molecule has 0 bridgehead atoms. The smallest absolute Gasteiger partial charge is 0.0700 e. The molecule has 4 rings (SSSR count). The molecule has 0 aliphatic heterocycles. The molecule has 0 saturated heterocycles. The molecule has 0 heterocycles. The van der Waals surface area contributed by atoms with Crippen molar-refractivity contribution in [3.63, 3.8) is 0 Å². The Morgan fingerprint density at radius 3 is 1.32 bits per heavy atom. The van der Waals surface area contributed by atoms with E-state index in [9.17, 15) is 0 Å². The molecule has 0 nitrogen and oxygen atoms in total. The van der Waals surface area contributed by atoms with E-state index in [-0.39, 0.29) is 4.75 Å². The summed E-state index contributed by atoms with van der Waals surface area (Å²) in [4.78, 5) is 0.